The molecule has 3 aromatic rings. The molecule has 0 aliphatic carbocycles. The average molecular weight is 821 g/mol. The summed E-state index contributed by atoms with van der Waals surface area (Å²) in [6.07, 6.45) is 2.96. The zero-order valence-corrected chi connectivity index (χ0v) is 37.3. The van der Waals surface area contributed by atoms with Crippen LogP contribution in [-0.4, -0.2) is 69.5 Å². The fourth-order valence-electron chi connectivity index (χ4n) is 7.48. The van der Waals surface area contributed by atoms with Crippen LogP contribution < -0.4 is 0 Å². The van der Waals surface area contributed by atoms with Gasteiger partial charge in [-0.1, -0.05) is 101 Å². The van der Waals surface area contributed by atoms with Crippen LogP contribution in [0.25, 0.3) is 0 Å². The Labute approximate surface area is 349 Å². The summed E-state index contributed by atoms with van der Waals surface area (Å²) in [5.41, 5.74) is 4.02. The number of hydrogen-bond acceptors (Lipinski definition) is 8. The molecular weight excluding hydrogens is 757 g/mol. The maximum absolute atomic E-state index is 11.9. The molecule has 324 valence electrons. The van der Waals surface area contributed by atoms with Crippen molar-refractivity contribution in [3.05, 3.63) is 103 Å². The summed E-state index contributed by atoms with van der Waals surface area (Å²) in [7, 11) is 0. The van der Waals surface area contributed by atoms with Crippen molar-refractivity contribution in [2.45, 2.75) is 139 Å². The Morgan fingerprint density at radius 3 is 1.34 bits per heavy atom. The van der Waals surface area contributed by atoms with E-state index in [2.05, 4.69) is 0 Å². The molecule has 0 aliphatic heterocycles. The van der Waals surface area contributed by atoms with Gasteiger partial charge in [-0.2, -0.15) is 0 Å². The maximum Gasteiger partial charge on any atom is 0.339 e. The van der Waals surface area contributed by atoms with Crippen molar-refractivity contribution in [3.63, 3.8) is 0 Å². The summed E-state index contributed by atoms with van der Waals surface area (Å²) in [5, 5.41) is 37.6. The predicted molar refractivity (Wildman–Crippen MR) is 228 cm³/mol. The molecule has 12 heteroatoms. The smallest absolute Gasteiger partial charge is 0.339 e. The van der Waals surface area contributed by atoms with E-state index in [-0.39, 0.29) is 62.8 Å². The summed E-state index contributed by atoms with van der Waals surface area (Å²) in [6, 6.07) is 9.81. The average Bonchev–Trinajstić information content (AvgIpc) is 3.12. The molecule has 0 unspecified atom stereocenters. The Bertz CT molecular complexity index is 2020. The first kappa shape index (κ1) is 51.5. The minimum Gasteiger partial charge on any atom is -0.478 e. The molecule has 3 aromatic carbocycles. The number of esters is 2. The zero-order chi connectivity index (χ0) is 45.8. The van der Waals surface area contributed by atoms with E-state index in [9.17, 15) is 49.2 Å². The normalized spacial score (nSPS) is 11.3. The van der Waals surface area contributed by atoms with Gasteiger partial charge in [-0.3, -0.25) is 0 Å². The van der Waals surface area contributed by atoms with E-state index < -0.39 is 35.8 Å². The highest BCUT2D eigenvalue weighted by Gasteiger charge is 2.32. The molecule has 0 aromatic heterocycles. The van der Waals surface area contributed by atoms with Gasteiger partial charge in [0.1, 0.15) is 0 Å². The highest BCUT2D eigenvalue weighted by molar-refractivity contribution is 6.05. The van der Waals surface area contributed by atoms with Crippen LogP contribution in [0.3, 0.4) is 0 Å². The second-order valence-corrected chi connectivity index (χ2v) is 16.7. The molecule has 0 saturated heterocycles. The summed E-state index contributed by atoms with van der Waals surface area (Å²) >= 11 is 0. The van der Waals surface area contributed by atoms with Gasteiger partial charge in [-0.25, -0.2) is 28.8 Å². The van der Waals surface area contributed by atoms with Gasteiger partial charge in [0.25, 0.3) is 0 Å². The van der Waals surface area contributed by atoms with Gasteiger partial charge in [0, 0.05) is 0 Å². The highest BCUT2D eigenvalue weighted by atomic mass is 16.5. The van der Waals surface area contributed by atoms with E-state index in [4.69, 9.17) is 9.47 Å². The first-order valence-electron chi connectivity index (χ1n) is 19.9. The van der Waals surface area contributed by atoms with Crippen LogP contribution in [0.15, 0.2) is 36.4 Å². The maximum atomic E-state index is 11.9. The molecule has 3 rings (SSSR count). The Hall–Kier alpha value is -5.52. The van der Waals surface area contributed by atoms with Crippen molar-refractivity contribution >= 4 is 35.8 Å². The van der Waals surface area contributed by atoms with Crippen molar-refractivity contribution in [2.75, 3.05) is 13.2 Å². The zero-order valence-electron chi connectivity index (χ0n) is 37.3. The largest absolute Gasteiger partial charge is 0.478 e. The van der Waals surface area contributed by atoms with Crippen molar-refractivity contribution in [3.8, 4) is 0 Å². The Kier molecular flexibility index (Phi) is 18.7. The van der Waals surface area contributed by atoms with E-state index >= 15 is 0 Å². The summed E-state index contributed by atoms with van der Waals surface area (Å²) in [5.74, 6) is -5.73. The minimum atomic E-state index is -1.20. The number of benzene rings is 3. The van der Waals surface area contributed by atoms with Gasteiger partial charge < -0.3 is 29.9 Å². The highest BCUT2D eigenvalue weighted by Crippen LogP contribution is 2.36. The van der Waals surface area contributed by atoms with E-state index in [1.807, 2.05) is 89.2 Å². The van der Waals surface area contributed by atoms with Gasteiger partial charge in [0.2, 0.25) is 0 Å². The van der Waals surface area contributed by atoms with Crippen LogP contribution in [-0.2, 0) is 38.6 Å². The summed E-state index contributed by atoms with van der Waals surface area (Å²) in [4.78, 5) is 69.8. The van der Waals surface area contributed by atoms with Gasteiger partial charge in [-0.05, 0) is 108 Å². The number of rotatable bonds is 13. The predicted octanol–water partition coefficient (Wildman–Crippen LogP) is 10.3. The monoisotopic (exact) mass is 820 g/mol. The van der Waals surface area contributed by atoms with Crippen LogP contribution in [0.2, 0.25) is 0 Å². The van der Waals surface area contributed by atoms with Crippen molar-refractivity contribution in [1.29, 1.82) is 0 Å². The second-order valence-electron chi connectivity index (χ2n) is 16.7. The molecule has 0 amide bonds. The third-order valence-corrected chi connectivity index (χ3v) is 9.73. The van der Waals surface area contributed by atoms with E-state index in [0.29, 0.717) is 29.5 Å². The molecule has 0 heterocycles. The third kappa shape index (κ3) is 13.0. The van der Waals surface area contributed by atoms with Crippen LogP contribution >= 0.6 is 0 Å². The lowest BCUT2D eigenvalue weighted by atomic mass is 9.74. The van der Waals surface area contributed by atoms with Crippen LogP contribution in [0.1, 0.15) is 198 Å². The Morgan fingerprint density at radius 2 is 0.966 bits per heavy atom. The number of carbonyl (C=O) groups excluding carboxylic acids is 2. The SMILES string of the molecule is CCCC(C)(C)c1c(CC)ccc(C(=O)O)c1C(=O)O.CCOC(=O)c1ccc(C(C)(C)C)c(CC)c1C(=O)O.CCOC(=O)c1ccc(C)c(C(C)(C)C)c1C(=O)O. The fourth-order valence-corrected chi connectivity index (χ4v) is 7.48. The van der Waals surface area contributed by atoms with Crippen LogP contribution in [0, 0.1) is 6.92 Å². The first-order valence-corrected chi connectivity index (χ1v) is 19.9. The number of hydrogen-bond donors (Lipinski definition) is 4. The standard InChI is InChI=1S/2C16H22O4.C15H20O4/c1-6-10-12(16(3,4)5)9-8-11(13(10)14(17)18)15(19)20-7-2;1-5-9-16(3,4)13-10(6-2)7-8-11(14(17)18)12(13)15(19)20;1-6-19-14(18)10-8-7-9(2)12(15(3,4)5)11(10)13(16)17/h8-9H,6-7H2,1-5H3,(H,17,18);7-8H,5-6,9H2,1-4H3,(H,17,18)(H,19,20);7-8H,6H2,1-5H3,(H,16,17). The van der Waals surface area contributed by atoms with E-state index in [0.717, 1.165) is 29.5 Å². The lowest BCUT2D eigenvalue weighted by Crippen LogP contribution is -2.25. The second kappa shape index (κ2) is 21.5. The molecule has 0 bridgehead atoms. The van der Waals surface area contributed by atoms with Crippen LogP contribution in [0.5, 0.6) is 0 Å². The molecule has 12 nitrogen and oxygen atoms in total. The molecule has 59 heavy (non-hydrogen) atoms. The molecule has 0 saturated carbocycles. The molecular formula is C47H64O12. The van der Waals surface area contributed by atoms with E-state index in [1.165, 1.54) is 12.1 Å². The molecule has 0 fully saturated rings. The van der Waals surface area contributed by atoms with E-state index in [1.54, 1.807) is 32.0 Å². The number of ether oxygens (including phenoxy) is 2. The molecule has 4 N–H and O–H groups in total. The summed E-state index contributed by atoms with van der Waals surface area (Å²) in [6.45, 7) is 27.4. The lowest BCUT2D eigenvalue weighted by Gasteiger charge is -2.29. The fraction of sp³-hybridized carbons (Fsp3) is 0.489. The van der Waals surface area contributed by atoms with Gasteiger partial charge in [-0.15, -0.1) is 0 Å². The molecule has 0 spiro atoms. The van der Waals surface area contributed by atoms with Gasteiger partial charge in [0.05, 0.1) is 46.6 Å². The minimum absolute atomic E-state index is 0.0472. The van der Waals surface area contributed by atoms with Crippen molar-refractivity contribution in [1.82, 2.24) is 0 Å². The van der Waals surface area contributed by atoms with Crippen LogP contribution in [0.4, 0.5) is 0 Å². The first-order chi connectivity index (χ1) is 27.2. The van der Waals surface area contributed by atoms with Gasteiger partial charge >= 0.3 is 35.8 Å². The Morgan fingerprint density at radius 1 is 0.525 bits per heavy atom. The summed E-state index contributed by atoms with van der Waals surface area (Å²) < 4.78 is 9.87. The quantitative estimate of drug-likeness (QED) is 0.119. The molecule has 0 atom stereocenters. The third-order valence-electron chi connectivity index (χ3n) is 9.73. The number of aromatic carboxylic acids is 4. The molecule has 0 radical (unpaired) electrons. The number of carboxylic acids is 4. The van der Waals surface area contributed by atoms with Crippen molar-refractivity contribution < 1.29 is 58.7 Å². The van der Waals surface area contributed by atoms with Crippen molar-refractivity contribution in [2.24, 2.45) is 0 Å². The number of carbonyl (C=O) groups is 6. The molecule has 0 aliphatic rings. The topological polar surface area (TPSA) is 202 Å². The van der Waals surface area contributed by atoms with Gasteiger partial charge in [0.15, 0.2) is 0 Å². The number of carboxylic acid groups (broad SMARTS) is 4. The number of aryl methyl sites for hydroxylation is 2. The lowest BCUT2D eigenvalue weighted by molar-refractivity contribution is 0.0508. The Balaban J connectivity index is 0.000000443.